The van der Waals surface area contributed by atoms with Gasteiger partial charge >= 0.3 is 0 Å². The van der Waals surface area contributed by atoms with Gasteiger partial charge in [-0.15, -0.1) is 0 Å². The predicted molar refractivity (Wildman–Crippen MR) is 288 cm³/mol. The highest BCUT2D eigenvalue weighted by molar-refractivity contribution is 6.25. The van der Waals surface area contributed by atoms with Crippen LogP contribution in [-0.4, -0.2) is 33.2 Å². The summed E-state index contributed by atoms with van der Waals surface area (Å²) in [5.74, 6) is 1.62. The molecule has 5 aromatic heterocycles. The molecule has 10 aromatic carbocycles. The first-order valence-corrected chi connectivity index (χ1v) is 23.7. The van der Waals surface area contributed by atoms with Crippen molar-refractivity contribution < 1.29 is 0 Å². The summed E-state index contributed by atoms with van der Waals surface area (Å²) in [5, 5.41) is 9.12. The minimum Gasteiger partial charge on any atom is -0.307 e. The molecule has 326 valence electrons. The van der Waals surface area contributed by atoms with Crippen LogP contribution in [0.4, 0.5) is 0 Å². The Morgan fingerprint density at radius 2 is 0.557 bits per heavy atom. The van der Waals surface area contributed by atoms with Crippen LogP contribution in [-0.2, 0) is 0 Å². The monoisotopic (exact) mass is 893 g/mol. The number of hydrogen-bond donors (Lipinski definition) is 0. The molecule has 0 spiro atoms. The molecule has 0 fully saturated rings. The summed E-state index contributed by atoms with van der Waals surface area (Å²) in [4.78, 5) is 16.9. The smallest absolute Gasteiger partial charge is 0.240 e. The molecule has 7 heteroatoms. The second-order valence-corrected chi connectivity index (χ2v) is 18.0. The highest BCUT2D eigenvalue weighted by Gasteiger charge is 2.26. The molecule has 70 heavy (non-hydrogen) atoms. The Kier molecular flexibility index (Phi) is 8.23. The zero-order chi connectivity index (χ0) is 45.9. The Bertz CT molecular complexity index is 4330. The van der Waals surface area contributed by atoms with Crippen molar-refractivity contribution in [2.24, 2.45) is 0 Å². The summed E-state index contributed by atoms with van der Waals surface area (Å²) in [7, 11) is 0. The molecule has 0 saturated heterocycles. The lowest BCUT2D eigenvalue weighted by atomic mass is 10.0. The Morgan fingerprint density at radius 3 is 0.986 bits per heavy atom. The lowest BCUT2D eigenvalue weighted by Gasteiger charge is -2.15. The van der Waals surface area contributed by atoms with Gasteiger partial charge in [0.1, 0.15) is 0 Å². The molecule has 0 bridgehead atoms. The van der Waals surface area contributed by atoms with Crippen LogP contribution in [0, 0.1) is 0 Å². The molecule has 0 saturated carbocycles. The van der Waals surface area contributed by atoms with Crippen LogP contribution in [0.3, 0.4) is 0 Å². The van der Waals surface area contributed by atoms with Gasteiger partial charge in [0.2, 0.25) is 11.9 Å². The van der Waals surface area contributed by atoms with Crippen molar-refractivity contribution >= 4 is 87.2 Å². The van der Waals surface area contributed by atoms with Crippen molar-refractivity contribution in [1.29, 1.82) is 0 Å². The minimum atomic E-state index is 0.524. The molecule has 15 rings (SSSR count). The lowest BCUT2D eigenvalue weighted by molar-refractivity contribution is 0.893. The first kappa shape index (κ1) is 38.5. The SMILES string of the molecule is c1ccc(-c2cccc(-c3nc(-n4c5ccccc5c5ccc6c7ccccc7n(-c7ccccc7)c6c54)nc(-n4c5ccccc5c5ccc6c7ccccc7n(-c7ccccc7)c6c54)n3)c2)cc1. The van der Waals surface area contributed by atoms with Crippen molar-refractivity contribution in [3.05, 3.63) is 237 Å². The zero-order valence-corrected chi connectivity index (χ0v) is 37.6. The van der Waals surface area contributed by atoms with Crippen molar-refractivity contribution in [1.82, 2.24) is 33.2 Å². The van der Waals surface area contributed by atoms with Gasteiger partial charge in [-0.1, -0.05) is 182 Å². The van der Waals surface area contributed by atoms with Gasteiger partial charge in [0.15, 0.2) is 5.82 Å². The average molecular weight is 894 g/mol. The quantitative estimate of drug-likeness (QED) is 0.167. The van der Waals surface area contributed by atoms with Crippen molar-refractivity contribution in [2.75, 3.05) is 0 Å². The van der Waals surface area contributed by atoms with Gasteiger partial charge in [-0.2, -0.15) is 15.0 Å². The van der Waals surface area contributed by atoms with Crippen LogP contribution in [0.2, 0.25) is 0 Å². The molecule has 0 aliphatic rings. The number of fused-ring (bicyclic) bond motifs is 14. The highest BCUT2D eigenvalue weighted by atomic mass is 15.3. The molecule has 0 unspecified atom stereocenters. The van der Waals surface area contributed by atoms with E-state index in [9.17, 15) is 0 Å². The first-order valence-electron chi connectivity index (χ1n) is 23.7. The Hall–Kier alpha value is -9.59. The minimum absolute atomic E-state index is 0.524. The van der Waals surface area contributed by atoms with E-state index in [4.69, 9.17) is 15.0 Å². The van der Waals surface area contributed by atoms with Gasteiger partial charge in [-0.05, 0) is 65.7 Å². The van der Waals surface area contributed by atoms with E-state index in [0.29, 0.717) is 17.7 Å². The number of rotatable bonds is 6. The summed E-state index contributed by atoms with van der Waals surface area (Å²) in [6.45, 7) is 0. The van der Waals surface area contributed by atoms with Gasteiger partial charge < -0.3 is 9.13 Å². The molecule has 0 radical (unpaired) electrons. The Morgan fingerprint density at radius 1 is 0.229 bits per heavy atom. The normalized spacial score (nSPS) is 12.0. The highest BCUT2D eigenvalue weighted by Crippen LogP contribution is 2.44. The fourth-order valence-electron chi connectivity index (χ4n) is 11.3. The van der Waals surface area contributed by atoms with E-state index >= 15 is 0 Å². The van der Waals surface area contributed by atoms with Gasteiger partial charge in [0.05, 0.1) is 44.1 Å². The Labute approximate surface area is 401 Å². The topological polar surface area (TPSA) is 58.4 Å². The maximum Gasteiger partial charge on any atom is 0.240 e. The third-order valence-electron chi connectivity index (χ3n) is 14.2. The fourth-order valence-corrected chi connectivity index (χ4v) is 11.3. The van der Waals surface area contributed by atoms with E-state index in [1.165, 1.54) is 10.8 Å². The molecule has 7 nitrogen and oxygen atoms in total. The molecule has 5 heterocycles. The summed E-state index contributed by atoms with van der Waals surface area (Å²) < 4.78 is 9.37. The van der Waals surface area contributed by atoms with Crippen LogP contribution in [0.1, 0.15) is 0 Å². The zero-order valence-electron chi connectivity index (χ0n) is 37.6. The number of aromatic nitrogens is 7. The van der Waals surface area contributed by atoms with Crippen LogP contribution in [0.5, 0.6) is 0 Å². The lowest BCUT2D eigenvalue weighted by Crippen LogP contribution is -2.11. The molecule has 0 N–H and O–H groups in total. The summed E-state index contributed by atoms with van der Waals surface area (Å²) in [5.41, 5.74) is 13.7. The standard InChI is InChI=1S/C63H39N7/c1-4-19-40(20-5-1)41-21-18-22-42(39-41)61-64-62(69-55-33-16-12-29-47(55)51-37-35-49-45-27-10-14-31-53(45)67(57(49)59(51)69)43-23-6-2-7-24-43)66-63(65-61)70-56-34-17-13-30-48(56)52-38-36-50-46-28-11-15-32-54(46)68(58(50)60(52)70)44-25-8-3-9-26-44/h1-39H. The second kappa shape index (κ2) is 15.0. The molecular formula is C63H39N7. The van der Waals surface area contributed by atoms with Gasteiger partial charge in [-0.25, -0.2) is 0 Å². The van der Waals surface area contributed by atoms with Crippen LogP contribution >= 0.6 is 0 Å². The van der Waals surface area contributed by atoms with Crippen molar-refractivity contribution in [2.45, 2.75) is 0 Å². The fraction of sp³-hybridized carbons (Fsp3) is 0. The predicted octanol–water partition coefficient (Wildman–Crippen LogP) is 15.6. The van der Waals surface area contributed by atoms with E-state index in [0.717, 1.165) is 105 Å². The summed E-state index contributed by atoms with van der Waals surface area (Å²) in [6, 6.07) is 84.2. The largest absolute Gasteiger partial charge is 0.307 e. The van der Waals surface area contributed by atoms with Gasteiger partial charge in [0.25, 0.3) is 0 Å². The van der Waals surface area contributed by atoms with Crippen LogP contribution < -0.4 is 0 Å². The molecule has 0 amide bonds. The summed E-state index contributed by atoms with van der Waals surface area (Å²) >= 11 is 0. The third kappa shape index (κ3) is 5.54. The average Bonchev–Trinajstić information content (AvgIpc) is 4.17. The first-order chi connectivity index (χ1) is 34.8. The number of benzene rings is 10. The number of nitrogens with zero attached hydrogens (tertiary/aromatic N) is 7. The van der Waals surface area contributed by atoms with E-state index in [1.54, 1.807) is 0 Å². The van der Waals surface area contributed by atoms with E-state index in [-0.39, 0.29) is 0 Å². The molecule has 0 aliphatic heterocycles. The third-order valence-corrected chi connectivity index (χ3v) is 14.2. The van der Waals surface area contributed by atoms with Gasteiger partial charge in [0, 0.05) is 60.0 Å². The Balaban J connectivity index is 1.12. The maximum atomic E-state index is 5.74. The maximum absolute atomic E-state index is 5.74. The summed E-state index contributed by atoms with van der Waals surface area (Å²) in [6.07, 6.45) is 0. The van der Waals surface area contributed by atoms with E-state index in [2.05, 4.69) is 255 Å². The van der Waals surface area contributed by atoms with Gasteiger partial charge in [-0.3, -0.25) is 9.13 Å². The van der Waals surface area contributed by atoms with Crippen LogP contribution in [0.25, 0.3) is 133 Å². The van der Waals surface area contributed by atoms with E-state index < -0.39 is 0 Å². The van der Waals surface area contributed by atoms with Crippen molar-refractivity contribution in [3.8, 4) is 45.8 Å². The molecule has 0 aliphatic carbocycles. The van der Waals surface area contributed by atoms with Crippen molar-refractivity contribution in [3.63, 3.8) is 0 Å². The number of para-hydroxylation sites is 6. The number of hydrogen-bond acceptors (Lipinski definition) is 3. The molecular weight excluding hydrogens is 855 g/mol. The second-order valence-electron chi connectivity index (χ2n) is 18.0. The van der Waals surface area contributed by atoms with E-state index in [1.807, 2.05) is 0 Å². The molecule has 0 atom stereocenters. The van der Waals surface area contributed by atoms with Crippen LogP contribution in [0.15, 0.2) is 237 Å². The molecule has 15 aromatic rings.